The Kier molecular flexibility index (Phi) is 5.77. The van der Waals surface area contributed by atoms with Gasteiger partial charge in [-0.05, 0) is 19.3 Å². The van der Waals surface area contributed by atoms with Crippen LogP contribution in [0.3, 0.4) is 0 Å². The molecule has 94 valence electrons. The van der Waals surface area contributed by atoms with Gasteiger partial charge in [0.2, 0.25) is 0 Å². The average molecular weight is 229 g/mol. The fourth-order valence-electron chi connectivity index (χ4n) is 2.14. The van der Waals surface area contributed by atoms with Crippen LogP contribution in [0.25, 0.3) is 0 Å². The molecule has 0 amide bonds. The summed E-state index contributed by atoms with van der Waals surface area (Å²) in [7, 11) is 0. The first-order valence-corrected chi connectivity index (χ1v) is 6.20. The highest BCUT2D eigenvalue weighted by atomic mass is 16.6. The Morgan fingerprint density at radius 3 is 2.50 bits per heavy atom. The number of rotatable bonds is 7. The third kappa shape index (κ3) is 3.46. The maximum atomic E-state index is 11.9. The normalized spacial score (nSPS) is 18.6. The molecular formula is C12H23NO3. The van der Waals surface area contributed by atoms with E-state index in [-0.39, 0.29) is 5.97 Å². The number of carbonyl (C=O) groups is 1. The Morgan fingerprint density at radius 2 is 1.94 bits per heavy atom. The molecule has 1 fully saturated rings. The van der Waals surface area contributed by atoms with Crippen LogP contribution in [0.4, 0.5) is 0 Å². The van der Waals surface area contributed by atoms with Crippen molar-refractivity contribution in [1.82, 2.24) is 0 Å². The van der Waals surface area contributed by atoms with Gasteiger partial charge in [0.15, 0.2) is 0 Å². The molecule has 1 saturated carbocycles. The van der Waals surface area contributed by atoms with Crippen LogP contribution in [-0.4, -0.2) is 32.3 Å². The van der Waals surface area contributed by atoms with Crippen molar-refractivity contribution in [1.29, 1.82) is 0 Å². The zero-order chi connectivity index (χ0) is 11.9. The van der Waals surface area contributed by atoms with Crippen LogP contribution in [0.1, 0.15) is 39.0 Å². The van der Waals surface area contributed by atoms with Crippen LogP contribution in [0, 0.1) is 5.41 Å². The summed E-state index contributed by atoms with van der Waals surface area (Å²) in [5.41, 5.74) is 5.29. The van der Waals surface area contributed by atoms with Crippen molar-refractivity contribution < 1.29 is 14.3 Å². The number of nitrogens with two attached hydrogens (primary N) is 1. The third-order valence-corrected chi connectivity index (χ3v) is 3.19. The van der Waals surface area contributed by atoms with Crippen molar-refractivity contribution >= 4 is 5.97 Å². The number of carbonyl (C=O) groups excluding carboxylic acids is 1. The smallest absolute Gasteiger partial charge is 0.313 e. The lowest BCUT2D eigenvalue weighted by atomic mass is 9.86. The van der Waals surface area contributed by atoms with Crippen LogP contribution in [0.5, 0.6) is 0 Å². The van der Waals surface area contributed by atoms with Gasteiger partial charge in [-0.2, -0.15) is 0 Å². The summed E-state index contributed by atoms with van der Waals surface area (Å²) in [4.78, 5) is 11.9. The van der Waals surface area contributed by atoms with Crippen LogP contribution >= 0.6 is 0 Å². The van der Waals surface area contributed by atoms with Crippen LogP contribution in [-0.2, 0) is 14.3 Å². The highest BCUT2D eigenvalue weighted by molar-refractivity contribution is 5.77. The standard InChI is InChI=1S/C12H23NO3/c1-2-7-15-8-9-16-11(14)12(10-13)5-3-4-6-12/h2-10,13H2,1H3. The Hall–Kier alpha value is -0.610. The molecule has 1 aliphatic carbocycles. The Morgan fingerprint density at radius 1 is 1.25 bits per heavy atom. The summed E-state index contributed by atoms with van der Waals surface area (Å²) >= 11 is 0. The van der Waals surface area contributed by atoms with Gasteiger partial charge in [0.1, 0.15) is 6.61 Å². The quantitative estimate of drug-likeness (QED) is 0.530. The maximum absolute atomic E-state index is 11.9. The number of hydrogen-bond donors (Lipinski definition) is 1. The predicted octanol–water partition coefficient (Wildman–Crippen LogP) is 1.48. The van der Waals surface area contributed by atoms with Crippen LogP contribution < -0.4 is 5.73 Å². The highest BCUT2D eigenvalue weighted by Crippen LogP contribution is 2.38. The summed E-state index contributed by atoms with van der Waals surface area (Å²) in [6.07, 6.45) is 4.90. The van der Waals surface area contributed by atoms with E-state index in [4.69, 9.17) is 15.2 Å². The number of hydrogen-bond acceptors (Lipinski definition) is 4. The molecule has 0 aromatic rings. The van der Waals surface area contributed by atoms with Gasteiger partial charge in [-0.25, -0.2) is 0 Å². The molecule has 0 radical (unpaired) electrons. The molecule has 16 heavy (non-hydrogen) atoms. The topological polar surface area (TPSA) is 61.5 Å². The predicted molar refractivity (Wildman–Crippen MR) is 62.0 cm³/mol. The first-order valence-electron chi connectivity index (χ1n) is 6.20. The van der Waals surface area contributed by atoms with Gasteiger partial charge >= 0.3 is 5.97 Å². The largest absolute Gasteiger partial charge is 0.463 e. The molecule has 1 aliphatic rings. The van der Waals surface area contributed by atoms with E-state index in [0.29, 0.717) is 19.8 Å². The van der Waals surface area contributed by atoms with E-state index >= 15 is 0 Å². The molecule has 0 aromatic carbocycles. The zero-order valence-electron chi connectivity index (χ0n) is 10.2. The molecule has 0 unspecified atom stereocenters. The van der Waals surface area contributed by atoms with Crippen LogP contribution in [0.15, 0.2) is 0 Å². The van der Waals surface area contributed by atoms with Gasteiger partial charge in [0.25, 0.3) is 0 Å². The van der Waals surface area contributed by atoms with E-state index < -0.39 is 5.41 Å². The van der Waals surface area contributed by atoms with Gasteiger partial charge in [0, 0.05) is 13.2 Å². The molecule has 0 aliphatic heterocycles. The molecule has 0 saturated heterocycles. The van der Waals surface area contributed by atoms with Gasteiger partial charge in [-0.3, -0.25) is 4.79 Å². The monoisotopic (exact) mass is 229 g/mol. The molecule has 4 heteroatoms. The van der Waals surface area contributed by atoms with Crippen LogP contribution in [0.2, 0.25) is 0 Å². The molecular weight excluding hydrogens is 206 g/mol. The average Bonchev–Trinajstić information content (AvgIpc) is 2.78. The number of esters is 1. The van der Waals surface area contributed by atoms with E-state index in [2.05, 4.69) is 0 Å². The fraction of sp³-hybridized carbons (Fsp3) is 0.917. The summed E-state index contributed by atoms with van der Waals surface area (Å²) in [6, 6.07) is 0. The minimum absolute atomic E-state index is 0.132. The minimum atomic E-state index is -0.398. The Bertz CT molecular complexity index is 212. The van der Waals surface area contributed by atoms with Crippen molar-refractivity contribution in [2.75, 3.05) is 26.4 Å². The van der Waals surface area contributed by atoms with E-state index in [9.17, 15) is 4.79 Å². The van der Waals surface area contributed by atoms with E-state index in [0.717, 1.165) is 38.7 Å². The van der Waals surface area contributed by atoms with E-state index in [1.807, 2.05) is 6.92 Å². The first kappa shape index (κ1) is 13.5. The molecule has 0 aromatic heterocycles. The molecule has 0 atom stereocenters. The minimum Gasteiger partial charge on any atom is -0.463 e. The van der Waals surface area contributed by atoms with Crippen molar-refractivity contribution in [2.24, 2.45) is 11.1 Å². The second kappa shape index (κ2) is 6.86. The molecule has 4 nitrogen and oxygen atoms in total. The van der Waals surface area contributed by atoms with E-state index in [1.165, 1.54) is 0 Å². The molecule has 0 bridgehead atoms. The van der Waals surface area contributed by atoms with Gasteiger partial charge in [-0.15, -0.1) is 0 Å². The summed E-state index contributed by atoms with van der Waals surface area (Å²) in [6.45, 7) is 4.01. The lowest BCUT2D eigenvalue weighted by Gasteiger charge is -2.24. The van der Waals surface area contributed by atoms with Gasteiger partial charge < -0.3 is 15.2 Å². The summed E-state index contributed by atoms with van der Waals surface area (Å²) in [5.74, 6) is -0.132. The summed E-state index contributed by atoms with van der Waals surface area (Å²) < 4.78 is 10.5. The molecule has 1 rings (SSSR count). The maximum Gasteiger partial charge on any atom is 0.313 e. The second-order valence-electron chi connectivity index (χ2n) is 4.44. The first-order chi connectivity index (χ1) is 7.75. The summed E-state index contributed by atoms with van der Waals surface area (Å²) in [5, 5.41) is 0. The lowest BCUT2D eigenvalue weighted by Crippen LogP contribution is -2.38. The Balaban J connectivity index is 2.22. The highest BCUT2D eigenvalue weighted by Gasteiger charge is 2.41. The zero-order valence-corrected chi connectivity index (χ0v) is 10.2. The molecule has 0 heterocycles. The number of ether oxygens (including phenoxy) is 2. The SMILES string of the molecule is CCCOCCOC(=O)C1(CN)CCCC1. The second-order valence-corrected chi connectivity index (χ2v) is 4.44. The molecule has 2 N–H and O–H groups in total. The fourth-order valence-corrected chi connectivity index (χ4v) is 2.14. The van der Waals surface area contributed by atoms with Crippen molar-refractivity contribution in [2.45, 2.75) is 39.0 Å². The van der Waals surface area contributed by atoms with Crippen molar-refractivity contribution in [3.05, 3.63) is 0 Å². The van der Waals surface area contributed by atoms with Gasteiger partial charge in [0.05, 0.1) is 12.0 Å². The lowest BCUT2D eigenvalue weighted by molar-refractivity contribution is -0.156. The van der Waals surface area contributed by atoms with Gasteiger partial charge in [-0.1, -0.05) is 19.8 Å². The van der Waals surface area contributed by atoms with Crippen molar-refractivity contribution in [3.8, 4) is 0 Å². The Labute approximate surface area is 97.5 Å². The molecule has 0 spiro atoms. The van der Waals surface area contributed by atoms with E-state index in [1.54, 1.807) is 0 Å². The third-order valence-electron chi connectivity index (χ3n) is 3.19. The van der Waals surface area contributed by atoms with Crippen molar-refractivity contribution in [3.63, 3.8) is 0 Å².